The second-order valence-electron chi connectivity index (χ2n) is 6.12. The molecule has 24 heavy (non-hydrogen) atoms. The normalized spacial score (nSPS) is 20.9. The van der Waals surface area contributed by atoms with Gasteiger partial charge in [0.05, 0.1) is 23.5 Å². The molecular weight excluding hydrogens is 320 g/mol. The molecule has 4 nitrogen and oxygen atoms in total. The minimum absolute atomic E-state index is 0.160. The molecule has 0 unspecified atom stereocenters. The van der Waals surface area contributed by atoms with E-state index in [1.807, 2.05) is 30.4 Å². The molecule has 126 valence electrons. The third-order valence-corrected chi connectivity index (χ3v) is 4.77. The van der Waals surface area contributed by atoms with Crippen LogP contribution in [0.25, 0.3) is 0 Å². The van der Waals surface area contributed by atoms with Crippen molar-refractivity contribution in [3.8, 4) is 0 Å². The van der Waals surface area contributed by atoms with Gasteiger partial charge in [0, 0.05) is 5.02 Å². The molecular formula is C19H23ClN4. The van der Waals surface area contributed by atoms with Gasteiger partial charge in [0.15, 0.2) is 0 Å². The van der Waals surface area contributed by atoms with Gasteiger partial charge in [0.25, 0.3) is 0 Å². The minimum atomic E-state index is -0.160. The van der Waals surface area contributed by atoms with Gasteiger partial charge in [-0.15, -0.1) is 0 Å². The lowest BCUT2D eigenvalue weighted by Gasteiger charge is -2.44. The Morgan fingerprint density at radius 2 is 2.04 bits per heavy atom. The van der Waals surface area contributed by atoms with E-state index < -0.39 is 0 Å². The van der Waals surface area contributed by atoms with Gasteiger partial charge in [0.2, 0.25) is 0 Å². The number of hydrogen-bond acceptors (Lipinski definition) is 3. The number of allylic oxidation sites excluding steroid dienone is 2. The highest BCUT2D eigenvalue weighted by molar-refractivity contribution is 6.31. The van der Waals surface area contributed by atoms with Crippen LogP contribution in [-0.4, -0.2) is 31.0 Å². The summed E-state index contributed by atoms with van der Waals surface area (Å²) in [6, 6.07) is 5.87. The number of amidine groups is 1. The topological polar surface area (TPSA) is 48.5 Å². The van der Waals surface area contributed by atoms with E-state index in [0.717, 1.165) is 48.7 Å². The van der Waals surface area contributed by atoms with Crippen molar-refractivity contribution in [1.29, 1.82) is 0 Å². The van der Waals surface area contributed by atoms with Crippen LogP contribution < -0.4 is 16.0 Å². The van der Waals surface area contributed by atoms with Crippen LogP contribution in [0.2, 0.25) is 5.02 Å². The van der Waals surface area contributed by atoms with Crippen molar-refractivity contribution in [3.05, 3.63) is 60.2 Å². The van der Waals surface area contributed by atoms with E-state index >= 15 is 0 Å². The van der Waals surface area contributed by atoms with Gasteiger partial charge in [-0.1, -0.05) is 43.0 Å². The van der Waals surface area contributed by atoms with Crippen molar-refractivity contribution in [2.75, 3.05) is 30.3 Å². The van der Waals surface area contributed by atoms with Crippen molar-refractivity contribution in [2.45, 2.75) is 18.4 Å². The predicted molar refractivity (Wildman–Crippen MR) is 104 cm³/mol. The van der Waals surface area contributed by atoms with E-state index in [2.05, 4.69) is 29.1 Å². The number of rotatable bonds is 4. The number of hydrogen-bond donors (Lipinski definition) is 3. The van der Waals surface area contributed by atoms with Crippen LogP contribution in [0.15, 0.2) is 60.2 Å². The smallest absolute Gasteiger partial charge is 0.127 e. The molecule has 3 rings (SSSR count). The summed E-state index contributed by atoms with van der Waals surface area (Å²) in [5.74, 6) is 0.968. The highest BCUT2D eigenvalue weighted by Crippen LogP contribution is 2.37. The first-order valence-electron chi connectivity index (χ1n) is 8.21. The summed E-state index contributed by atoms with van der Waals surface area (Å²) in [6.07, 6.45) is 7.49. The van der Waals surface area contributed by atoms with Gasteiger partial charge in [-0.2, -0.15) is 0 Å². The number of piperidine rings is 1. The predicted octanol–water partition coefficient (Wildman–Crippen LogP) is 4.00. The molecule has 2 aliphatic rings. The first kappa shape index (κ1) is 16.8. The Labute approximate surface area is 148 Å². The molecule has 0 bridgehead atoms. The summed E-state index contributed by atoms with van der Waals surface area (Å²) in [5, 5.41) is 11.3. The van der Waals surface area contributed by atoms with E-state index in [-0.39, 0.29) is 5.54 Å². The largest absolute Gasteiger partial charge is 0.371 e. The van der Waals surface area contributed by atoms with E-state index in [0.29, 0.717) is 11.6 Å². The van der Waals surface area contributed by atoms with Crippen molar-refractivity contribution in [2.24, 2.45) is 4.99 Å². The standard InChI is InChI=1S/C19H23ClN4/c1-3-5-14(4-2)13-22-18-19(8-10-21-11-9-19)24-16-7-6-15(20)12-17(16)23-18/h3-7,12,21,24H,1-2,8-11,13H2,(H,22,23)/b14-5+. The fraction of sp³-hybridized carbons (Fsp3) is 0.316. The fourth-order valence-electron chi connectivity index (χ4n) is 3.21. The maximum Gasteiger partial charge on any atom is 0.127 e. The maximum atomic E-state index is 6.14. The molecule has 3 N–H and O–H groups in total. The third kappa shape index (κ3) is 3.40. The van der Waals surface area contributed by atoms with E-state index in [1.54, 1.807) is 6.08 Å². The zero-order valence-electron chi connectivity index (χ0n) is 13.7. The number of anilines is 2. The molecule has 1 spiro atoms. The van der Waals surface area contributed by atoms with Crippen LogP contribution >= 0.6 is 11.6 Å². The Hall–Kier alpha value is -2.04. The number of fused-ring (bicyclic) bond motifs is 1. The Kier molecular flexibility index (Phi) is 5.07. The van der Waals surface area contributed by atoms with Crippen LogP contribution in [0.5, 0.6) is 0 Å². The second-order valence-corrected chi connectivity index (χ2v) is 6.55. The SMILES string of the molecule is C=C/C=C(\C=C)CN=C1Nc2cc(Cl)ccc2NC12CCNCC2. The first-order valence-corrected chi connectivity index (χ1v) is 8.59. The van der Waals surface area contributed by atoms with Crippen LogP contribution in [0.4, 0.5) is 11.4 Å². The summed E-state index contributed by atoms with van der Waals surface area (Å²) in [4.78, 5) is 4.86. The molecule has 0 amide bonds. The second kappa shape index (κ2) is 7.24. The summed E-state index contributed by atoms with van der Waals surface area (Å²) < 4.78 is 0. The number of nitrogens with zero attached hydrogens (tertiary/aromatic N) is 1. The summed E-state index contributed by atoms with van der Waals surface area (Å²) in [5.41, 5.74) is 2.93. The lowest BCUT2D eigenvalue weighted by Crippen LogP contribution is -2.57. The zero-order valence-corrected chi connectivity index (χ0v) is 14.5. The number of nitrogens with one attached hydrogen (secondary N) is 3. The summed E-state index contributed by atoms with van der Waals surface area (Å²) >= 11 is 6.14. The zero-order chi connectivity index (χ0) is 17.0. The maximum absolute atomic E-state index is 6.14. The Morgan fingerprint density at radius 3 is 2.75 bits per heavy atom. The molecule has 2 heterocycles. The molecule has 1 aromatic carbocycles. The molecule has 0 aliphatic carbocycles. The van der Waals surface area contributed by atoms with E-state index in [1.165, 1.54) is 0 Å². The minimum Gasteiger partial charge on any atom is -0.371 e. The molecule has 0 saturated carbocycles. The monoisotopic (exact) mass is 342 g/mol. The van der Waals surface area contributed by atoms with Crippen molar-refractivity contribution in [1.82, 2.24) is 5.32 Å². The number of aliphatic imine (C=N–C) groups is 1. The molecule has 1 saturated heterocycles. The highest BCUT2D eigenvalue weighted by atomic mass is 35.5. The van der Waals surface area contributed by atoms with E-state index in [9.17, 15) is 0 Å². The lowest BCUT2D eigenvalue weighted by molar-refractivity contribution is 0.419. The third-order valence-electron chi connectivity index (χ3n) is 4.53. The van der Waals surface area contributed by atoms with Gasteiger partial charge >= 0.3 is 0 Å². The Bertz CT molecular complexity index is 699. The van der Waals surface area contributed by atoms with Gasteiger partial charge in [0.1, 0.15) is 5.84 Å². The van der Waals surface area contributed by atoms with Crippen molar-refractivity contribution in [3.63, 3.8) is 0 Å². The van der Waals surface area contributed by atoms with Gasteiger partial charge in [-0.3, -0.25) is 4.99 Å². The van der Waals surface area contributed by atoms with Crippen LogP contribution in [0.1, 0.15) is 12.8 Å². The molecule has 0 aromatic heterocycles. The Balaban J connectivity index is 1.95. The number of benzene rings is 1. The first-order chi connectivity index (χ1) is 11.7. The van der Waals surface area contributed by atoms with Crippen molar-refractivity contribution < 1.29 is 0 Å². The molecule has 1 aromatic rings. The number of halogens is 1. The summed E-state index contributed by atoms with van der Waals surface area (Å²) in [7, 11) is 0. The Morgan fingerprint density at radius 1 is 1.25 bits per heavy atom. The summed E-state index contributed by atoms with van der Waals surface area (Å²) in [6.45, 7) is 10.1. The molecule has 0 atom stereocenters. The molecule has 1 fully saturated rings. The molecule has 2 aliphatic heterocycles. The van der Waals surface area contributed by atoms with Gasteiger partial charge < -0.3 is 16.0 Å². The van der Waals surface area contributed by atoms with Gasteiger partial charge in [-0.05, 0) is 49.7 Å². The van der Waals surface area contributed by atoms with Crippen LogP contribution in [0.3, 0.4) is 0 Å². The highest BCUT2D eigenvalue weighted by Gasteiger charge is 2.40. The average molecular weight is 343 g/mol. The fourth-order valence-corrected chi connectivity index (χ4v) is 3.38. The van der Waals surface area contributed by atoms with Crippen molar-refractivity contribution >= 4 is 28.8 Å². The molecule has 5 heteroatoms. The quantitative estimate of drug-likeness (QED) is 0.725. The molecule has 0 radical (unpaired) electrons. The average Bonchev–Trinajstić information content (AvgIpc) is 2.60. The van der Waals surface area contributed by atoms with Crippen LogP contribution in [0, 0.1) is 0 Å². The lowest BCUT2D eigenvalue weighted by atomic mass is 9.84. The van der Waals surface area contributed by atoms with Gasteiger partial charge in [-0.25, -0.2) is 0 Å². The van der Waals surface area contributed by atoms with E-state index in [4.69, 9.17) is 16.6 Å². The van der Waals surface area contributed by atoms with Crippen LogP contribution in [-0.2, 0) is 0 Å².